The van der Waals surface area contributed by atoms with Crippen molar-refractivity contribution in [3.05, 3.63) is 182 Å². The molecule has 0 bridgehead atoms. The molecule has 2 nitrogen and oxygen atoms in total. The van der Waals surface area contributed by atoms with Gasteiger partial charge in [0.05, 0.1) is 11.0 Å². The molecule has 0 aliphatic rings. The van der Waals surface area contributed by atoms with Gasteiger partial charge in [0.2, 0.25) is 0 Å². The van der Waals surface area contributed by atoms with E-state index in [4.69, 9.17) is 0 Å². The topological polar surface area (TPSA) is 8.17 Å². The van der Waals surface area contributed by atoms with Crippen LogP contribution >= 0.6 is 0 Å². The van der Waals surface area contributed by atoms with Gasteiger partial charge >= 0.3 is 0 Å². The molecule has 0 atom stereocenters. The first kappa shape index (κ1) is 25.8. The average Bonchev–Trinajstić information content (AvgIpc) is 3.44. The fraction of sp³-hybridized carbons (Fsp3) is 0. The van der Waals surface area contributed by atoms with Crippen molar-refractivity contribution in [1.82, 2.24) is 4.57 Å². The Labute approximate surface area is 257 Å². The van der Waals surface area contributed by atoms with E-state index < -0.39 is 0 Å². The van der Waals surface area contributed by atoms with Gasteiger partial charge in [-0.05, 0) is 82.9 Å². The van der Waals surface area contributed by atoms with Crippen molar-refractivity contribution in [2.24, 2.45) is 0 Å². The van der Waals surface area contributed by atoms with Crippen LogP contribution in [0.4, 0.5) is 17.1 Å². The Kier molecular flexibility index (Phi) is 6.51. The summed E-state index contributed by atoms with van der Waals surface area (Å²) in [5.41, 5.74) is 11.7. The summed E-state index contributed by atoms with van der Waals surface area (Å²) in [6, 6.07) is 65.0. The minimum absolute atomic E-state index is 1.12. The highest BCUT2D eigenvalue weighted by atomic mass is 15.1. The van der Waals surface area contributed by atoms with Crippen molar-refractivity contribution < 1.29 is 0 Å². The number of benzene rings is 7. The van der Waals surface area contributed by atoms with E-state index in [1.807, 2.05) is 0 Å². The molecule has 2 heteroatoms. The van der Waals surface area contributed by atoms with Gasteiger partial charge in [-0.3, -0.25) is 0 Å². The zero-order valence-electron chi connectivity index (χ0n) is 24.2. The van der Waals surface area contributed by atoms with Crippen LogP contribution in [0.3, 0.4) is 0 Å². The first-order chi connectivity index (χ1) is 21.8. The van der Waals surface area contributed by atoms with Crippen molar-refractivity contribution in [1.29, 1.82) is 0 Å². The van der Waals surface area contributed by atoms with Gasteiger partial charge in [0.15, 0.2) is 0 Å². The van der Waals surface area contributed by atoms with E-state index in [0.29, 0.717) is 0 Å². The van der Waals surface area contributed by atoms with Gasteiger partial charge < -0.3 is 9.47 Å². The fourth-order valence-corrected chi connectivity index (χ4v) is 6.31. The fourth-order valence-electron chi connectivity index (χ4n) is 6.31. The van der Waals surface area contributed by atoms with Gasteiger partial charge in [-0.15, -0.1) is 0 Å². The van der Waals surface area contributed by atoms with Crippen LogP contribution in [0.2, 0.25) is 0 Å². The Bertz CT molecular complexity index is 2170. The maximum Gasteiger partial charge on any atom is 0.0547 e. The second-order valence-electron chi connectivity index (χ2n) is 11.1. The molecular formula is C42H30N2. The summed E-state index contributed by atoms with van der Waals surface area (Å²) in [7, 11) is 0. The van der Waals surface area contributed by atoms with E-state index in [-0.39, 0.29) is 0 Å². The molecule has 8 rings (SSSR count). The van der Waals surface area contributed by atoms with Crippen molar-refractivity contribution in [2.45, 2.75) is 0 Å². The van der Waals surface area contributed by atoms with E-state index in [1.165, 1.54) is 44.1 Å². The lowest BCUT2D eigenvalue weighted by molar-refractivity contribution is 1.18. The van der Waals surface area contributed by atoms with Crippen molar-refractivity contribution in [2.75, 3.05) is 4.90 Å². The lowest BCUT2D eigenvalue weighted by Gasteiger charge is -2.26. The minimum atomic E-state index is 1.12. The zero-order valence-corrected chi connectivity index (χ0v) is 24.2. The molecule has 0 radical (unpaired) electrons. The number of nitrogens with zero attached hydrogens (tertiary/aromatic N) is 2. The third-order valence-corrected chi connectivity index (χ3v) is 8.35. The summed E-state index contributed by atoms with van der Waals surface area (Å²) in [5.74, 6) is 0. The molecule has 0 amide bonds. The number of anilines is 3. The quantitative estimate of drug-likeness (QED) is 0.196. The third-order valence-electron chi connectivity index (χ3n) is 8.35. The van der Waals surface area contributed by atoms with Crippen molar-refractivity contribution in [3.8, 4) is 27.9 Å². The van der Waals surface area contributed by atoms with Crippen LogP contribution in [0.25, 0.3) is 49.7 Å². The summed E-state index contributed by atoms with van der Waals surface area (Å²) in [4.78, 5) is 2.31. The van der Waals surface area contributed by atoms with Crippen LogP contribution in [-0.4, -0.2) is 4.57 Å². The number of fused-ring (bicyclic) bond motifs is 3. The summed E-state index contributed by atoms with van der Waals surface area (Å²) in [6.45, 7) is 0. The molecule has 0 N–H and O–H groups in total. The van der Waals surface area contributed by atoms with Gasteiger partial charge in [0.1, 0.15) is 0 Å². The predicted molar refractivity (Wildman–Crippen MR) is 186 cm³/mol. The van der Waals surface area contributed by atoms with Crippen LogP contribution in [0.5, 0.6) is 0 Å². The second-order valence-corrected chi connectivity index (χ2v) is 11.1. The number of hydrogen-bond acceptors (Lipinski definition) is 1. The standard InChI is InChI=1S/C42H30N2/c1-4-14-31(15-5-1)34-26-27-40-39-24-10-11-25-41(39)44(42(40)30-34)38-23-13-17-33(29-38)32-16-12-22-37(28-32)43(35-18-6-2-7-19-35)36-20-8-3-9-21-36/h1-30H. The summed E-state index contributed by atoms with van der Waals surface area (Å²) in [5, 5.41) is 2.52. The maximum atomic E-state index is 2.41. The van der Waals surface area contributed by atoms with E-state index in [0.717, 1.165) is 22.7 Å². The molecule has 0 saturated heterocycles. The van der Waals surface area contributed by atoms with E-state index in [9.17, 15) is 0 Å². The minimum Gasteiger partial charge on any atom is -0.310 e. The molecular weight excluding hydrogens is 532 g/mol. The Balaban J connectivity index is 1.27. The van der Waals surface area contributed by atoms with Gasteiger partial charge in [0.25, 0.3) is 0 Å². The first-order valence-electron chi connectivity index (χ1n) is 15.0. The first-order valence-corrected chi connectivity index (χ1v) is 15.0. The summed E-state index contributed by atoms with van der Waals surface area (Å²) in [6.07, 6.45) is 0. The molecule has 208 valence electrons. The Hall–Kier alpha value is -5.86. The number of para-hydroxylation sites is 3. The highest BCUT2D eigenvalue weighted by Gasteiger charge is 2.15. The predicted octanol–water partition coefficient (Wildman–Crippen LogP) is 11.6. The molecule has 8 aromatic rings. The van der Waals surface area contributed by atoms with Crippen LogP contribution < -0.4 is 4.90 Å². The van der Waals surface area contributed by atoms with E-state index in [1.54, 1.807) is 0 Å². The van der Waals surface area contributed by atoms with Gasteiger partial charge in [-0.1, -0.05) is 121 Å². The molecule has 0 fully saturated rings. The lowest BCUT2D eigenvalue weighted by atomic mass is 10.0. The lowest BCUT2D eigenvalue weighted by Crippen LogP contribution is -2.09. The summed E-state index contributed by atoms with van der Waals surface area (Å²) >= 11 is 0. The monoisotopic (exact) mass is 562 g/mol. The Morgan fingerprint density at radius 2 is 0.841 bits per heavy atom. The number of hydrogen-bond donors (Lipinski definition) is 0. The molecule has 0 unspecified atom stereocenters. The Morgan fingerprint density at radius 3 is 1.57 bits per heavy atom. The molecule has 0 aliphatic carbocycles. The smallest absolute Gasteiger partial charge is 0.0547 e. The van der Waals surface area contributed by atoms with Crippen LogP contribution in [0.15, 0.2) is 182 Å². The van der Waals surface area contributed by atoms with Gasteiger partial charge in [-0.2, -0.15) is 0 Å². The van der Waals surface area contributed by atoms with Crippen molar-refractivity contribution >= 4 is 38.9 Å². The highest BCUT2D eigenvalue weighted by molar-refractivity contribution is 6.10. The van der Waals surface area contributed by atoms with Gasteiger partial charge in [0, 0.05) is 33.5 Å². The summed E-state index contributed by atoms with van der Waals surface area (Å²) < 4.78 is 2.41. The molecule has 1 aromatic heterocycles. The number of aromatic nitrogens is 1. The normalized spacial score (nSPS) is 11.2. The molecule has 0 spiro atoms. The van der Waals surface area contributed by atoms with E-state index >= 15 is 0 Å². The van der Waals surface area contributed by atoms with Crippen LogP contribution in [0.1, 0.15) is 0 Å². The zero-order chi connectivity index (χ0) is 29.3. The second kappa shape index (κ2) is 11.1. The van der Waals surface area contributed by atoms with Crippen LogP contribution in [-0.2, 0) is 0 Å². The van der Waals surface area contributed by atoms with E-state index in [2.05, 4.69) is 191 Å². The largest absolute Gasteiger partial charge is 0.310 e. The third kappa shape index (κ3) is 4.63. The SMILES string of the molecule is c1ccc(-c2ccc3c4ccccc4n(-c4cccc(-c5cccc(N(c6ccccc6)c6ccccc6)c5)c4)c3c2)cc1. The number of rotatable bonds is 6. The molecule has 7 aromatic carbocycles. The Morgan fingerprint density at radius 1 is 0.318 bits per heavy atom. The molecule has 0 saturated carbocycles. The molecule has 1 heterocycles. The highest BCUT2D eigenvalue weighted by Crippen LogP contribution is 2.38. The van der Waals surface area contributed by atoms with Crippen molar-refractivity contribution in [3.63, 3.8) is 0 Å². The molecule has 44 heavy (non-hydrogen) atoms. The maximum absolute atomic E-state index is 2.41. The van der Waals surface area contributed by atoms with Gasteiger partial charge in [-0.25, -0.2) is 0 Å². The average molecular weight is 563 g/mol. The van der Waals surface area contributed by atoms with Crippen LogP contribution in [0, 0.1) is 0 Å². The molecule has 0 aliphatic heterocycles.